The molecule has 2 rings (SSSR count). The summed E-state index contributed by atoms with van der Waals surface area (Å²) in [5.74, 6) is 0.0242. The minimum atomic E-state index is -0.922. The van der Waals surface area contributed by atoms with Gasteiger partial charge in [0.1, 0.15) is 6.04 Å². The van der Waals surface area contributed by atoms with Crippen LogP contribution in [0, 0.1) is 0 Å². The van der Waals surface area contributed by atoms with Crippen molar-refractivity contribution in [2.45, 2.75) is 18.9 Å². The molecule has 1 atom stereocenters. The van der Waals surface area contributed by atoms with E-state index in [1.165, 1.54) is 29.5 Å². The van der Waals surface area contributed by atoms with Crippen LogP contribution in [0.15, 0.2) is 0 Å². The Bertz CT molecular complexity index is 321. The summed E-state index contributed by atoms with van der Waals surface area (Å²) in [5.41, 5.74) is 0. The highest BCUT2D eigenvalue weighted by atomic mass is 32.2. The van der Waals surface area contributed by atoms with Crippen LogP contribution in [-0.4, -0.2) is 70.8 Å². The van der Waals surface area contributed by atoms with Crippen LogP contribution in [0.2, 0.25) is 0 Å². The molecule has 18 heavy (non-hydrogen) atoms. The second-order valence-corrected chi connectivity index (χ2v) is 5.60. The number of carboxylic acid groups (broad SMARTS) is 1. The van der Waals surface area contributed by atoms with Gasteiger partial charge in [-0.2, -0.15) is 0 Å². The van der Waals surface area contributed by atoms with Gasteiger partial charge in [0.15, 0.2) is 0 Å². The minimum Gasteiger partial charge on any atom is -0.480 e. The third kappa shape index (κ3) is 3.29. The molecule has 6 nitrogen and oxygen atoms in total. The second-order valence-electron chi connectivity index (χ2n) is 4.60. The molecule has 2 fully saturated rings. The van der Waals surface area contributed by atoms with Gasteiger partial charge in [-0.1, -0.05) is 0 Å². The van der Waals surface area contributed by atoms with E-state index in [0.29, 0.717) is 18.2 Å². The normalized spacial score (nSPS) is 24.4. The summed E-state index contributed by atoms with van der Waals surface area (Å²) in [5, 5.41) is 11.8. The number of hydrogen-bond acceptors (Lipinski definition) is 4. The molecule has 0 bridgehead atoms. The average molecular weight is 273 g/mol. The number of aliphatic carboxylic acids is 1. The fourth-order valence-electron chi connectivity index (χ4n) is 2.28. The summed E-state index contributed by atoms with van der Waals surface area (Å²) in [6, 6.07) is -0.937. The summed E-state index contributed by atoms with van der Waals surface area (Å²) in [6.07, 6.45) is 2.47. The predicted molar refractivity (Wildman–Crippen MR) is 69.7 cm³/mol. The van der Waals surface area contributed by atoms with Crippen molar-refractivity contribution in [2.75, 3.05) is 37.8 Å². The molecular weight excluding hydrogens is 254 g/mol. The van der Waals surface area contributed by atoms with Gasteiger partial charge < -0.3 is 20.2 Å². The van der Waals surface area contributed by atoms with Gasteiger partial charge in [0.25, 0.3) is 0 Å². The first-order valence-electron chi connectivity index (χ1n) is 6.26. The van der Waals surface area contributed by atoms with Crippen molar-refractivity contribution in [1.29, 1.82) is 0 Å². The van der Waals surface area contributed by atoms with Crippen LogP contribution < -0.4 is 5.32 Å². The number of carbonyl (C=O) groups excluding carboxylic acids is 1. The SMILES string of the molecule is O=C(O)C1CSCN1C(=O)NCCN1CCCC1. The van der Waals surface area contributed by atoms with Crippen LogP contribution in [0.3, 0.4) is 0 Å². The maximum Gasteiger partial charge on any atom is 0.327 e. The zero-order valence-corrected chi connectivity index (χ0v) is 11.1. The van der Waals surface area contributed by atoms with Gasteiger partial charge in [-0.05, 0) is 25.9 Å². The standard InChI is InChI=1S/C11H19N3O3S/c15-10(16)9-7-18-8-14(9)11(17)12-3-6-13-4-1-2-5-13/h9H,1-8H2,(H,12,17)(H,15,16). The molecule has 2 aliphatic heterocycles. The predicted octanol–water partition coefficient (Wildman–Crippen LogP) is 0.251. The molecule has 0 aliphatic carbocycles. The first-order chi connectivity index (χ1) is 8.68. The maximum atomic E-state index is 11.9. The topological polar surface area (TPSA) is 72.9 Å². The van der Waals surface area contributed by atoms with E-state index < -0.39 is 12.0 Å². The molecule has 0 radical (unpaired) electrons. The van der Waals surface area contributed by atoms with Crippen molar-refractivity contribution in [3.05, 3.63) is 0 Å². The number of thioether (sulfide) groups is 1. The third-order valence-corrected chi connectivity index (χ3v) is 4.34. The number of rotatable bonds is 4. The van der Waals surface area contributed by atoms with E-state index in [-0.39, 0.29) is 6.03 Å². The van der Waals surface area contributed by atoms with E-state index in [4.69, 9.17) is 5.11 Å². The first kappa shape index (κ1) is 13.5. The minimum absolute atomic E-state index is 0.258. The number of nitrogens with zero attached hydrogens (tertiary/aromatic N) is 2. The summed E-state index contributed by atoms with van der Waals surface area (Å²) in [4.78, 5) is 26.5. The number of nitrogens with one attached hydrogen (secondary N) is 1. The number of carboxylic acids is 1. The van der Waals surface area contributed by atoms with E-state index in [1.54, 1.807) is 0 Å². The Hall–Kier alpha value is -0.950. The lowest BCUT2D eigenvalue weighted by Gasteiger charge is -2.22. The molecule has 0 aromatic heterocycles. The summed E-state index contributed by atoms with van der Waals surface area (Å²) in [6.45, 7) is 3.65. The van der Waals surface area contributed by atoms with Crippen molar-refractivity contribution in [1.82, 2.24) is 15.1 Å². The summed E-state index contributed by atoms with van der Waals surface area (Å²) in [7, 11) is 0. The molecule has 2 heterocycles. The number of urea groups is 1. The zero-order valence-electron chi connectivity index (χ0n) is 10.3. The van der Waals surface area contributed by atoms with E-state index in [2.05, 4.69) is 10.2 Å². The van der Waals surface area contributed by atoms with Crippen LogP contribution in [-0.2, 0) is 4.79 Å². The molecule has 0 aromatic carbocycles. The first-order valence-corrected chi connectivity index (χ1v) is 7.41. The van der Waals surface area contributed by atoms with Gasteiger partial charge in [-0.3, -0.25) is 0 Å². The Morgan fingerprint density at radius 2 is 2.06 bits per heavy atom. The molecule has 0 spiro atoms. The highest BCUT2D eigenvalue weighted by Gasteiger charge is 2.34. The third-order valence-electron chi connectivity index (χ3n) is 3.33. The number of amides is 2. The van der Waals surface area contributed by atoms with Crippen LogP contribution in [0.4, 0.5) is 4.79 Å². The molecule has 102 valence electrons. The second kappa shape index (κ2) is 6.29. The van der Waals surface area contributed by atoms with E-state index in [9.17, 15) is 9.59 Å². The van der Waals surface area contributed by atoms with Gasteiger partial charge in [0, 0.05) is 18.8 Å². The summed E-state index contributed by atoms with van der Waals surface area (Å²) < 4.78 is 0. The summed E-state index contributed by atoms with van der Waals surface area (Å²) >= 11 is 1.48. The van der Waals surface area contributed by atoms with Gasteiger partial charge in [0.05, 0.1) is 5.88 Å². The van der Waals surface area contributed by atoms with Crippen molar-refractivity contribution in [3.8, 4) is 0 Å². The van der Waals surface area contributed by atoms with E-state index >= 15 is 0 Å². The molecule has 2 amide bonds. The molecule has 7 heteroatoms. The Kier molecular flexibility index (Phi) is 4.71. The Balaban J connectivity index is 1.71. The number of carbonyl (C=O) groups is 2. The lowest BCUT2D eigenvalue weighted by atomic mass is 10.3. The van der Waals surface area contributed by atoms with E-state index in [1.807, 2.05) is 0 Å². The van der Waals surface area contributed by atoms with E-state index in [0.717, 1.165) is 19.6 Å². The zero-order chi connectivity index (χ0) is 13.0. The molecule has 2 N–H and O–H groups in total. The van der Waals surface area contributed by atoms with Crippen molar-refractivity contribution >= 4 is 23.8 Å². The Morgan fingerprint density at radius 3 is 2.72 bits per heavy atom. The Labute approximate surface area is 111 Å². The van der Waals surface area contributed by atoms with Crippen molar-refractivity contribution < 1.29 is 14.7 Å². The van der Waals surface area contributed by atoms with Crippen LogP contribution in [0.1, 0.15) is 12.8 Å². The van der Waals surface area contributed by atoms with Crippen LogP contribution >= 0.6 is 11.8 Å². The highest BCUT2D eigenvalue weighted by molar-refractivity contribution is 7.99. The molecule has 2 saturated heterocycles. The fraction of sp³-hybridized carbons (Fsp3) is 0.818. The van der Waals surface area contributed by atoms with Gasteiger partial charge in [-0.15, -0.1) is 11.8 Å². The van der Waals surface area contributed by atoms with Crippen molar-refractivity contribution in [2.24, 2.45) is 0 Å². The molecule has 0 aromatic rings. The van der Waals surface area contributed by atoms with Crippen molar-refractivity contribution in [3.63, 3.8) is 0 Å². The lowest BCUT2D eigenvalue weighted by Crippen LogP contribution is -2.48. The molecule has 0 saturated carbocycles. The van der Waals surface area contributed by atoms with Gasteiger partial charge in [0.2, 0.25) is 0 Å². The number of likely N-dealkylation sites (tertiary alicyclic amines) is 1. The molecule has 1 unspecified atom stereocenters. The lowest BCUT2D eigenvalue weighted by molar-refractivity contribution is -0.140. The van der Waals surface area contributed by atoms with Crippen LogP contribution in [0.5, 0.6) is 0 Å². The van der Waals surface area contributed by atoms with Gasteiger partial charge >= 0.3 is 12.0 Å². The van der Waals surface area contributed by atoms with Crippen LogP contribution in [0.25, 0.3) is 0 Å². The monoisotopic (exact) mass is 273 g/mol. The smallest absolute Gasteiger partial charge is 0.327 e. The largest absolute Gasteiger partial charge is 0.480 e. The molecule has 2 aliphatic rings. The maximum absolute atomic E-state index is 11.9. The number of hydrogen-bond donors (Lipinski definition) is 2. The quantitative estimate of drug-likeness (QED) is 0.768. The van der Waals surface area contributed by atoms with Gasteiger partial charge in [-0.25, -0.2) is 9.59 Å². The molecular formula is C11H19N3O3S. The highest BCUT2D eigenvalue weighted by Crippen LogP contribution is 2.20. The fourth-order valence-corrected chi connectivity index (χ4v) is 3.42. The average Bonchev–Trinajstić information content (AvgIpc) is 2.99. The Morgan fingerprint density at radius 1 is 1.33 bits per heavy atom.